The Kier molecular flexibility index (Phi) is 5.85. The predicted octanol–water partition coefficient (Wildman–Crippen LogP) is 1.31. The first-order chi connectivity index (χ1) is 8.02. The third-order valence-electron chi connectivity index (χ3n) is 2.50. The van der Waals surface area contributed by atoms with Crippen molar-refractivity contribution in [3.05, 3.63) is 34.6 Å². The molecule has 17 heavy (non-hydrogen) atoms. The largest absolute Gasteiger partial charge is 0.394 e. The van der Waals surface area contributed by atoms with Crippen molar-refractivity contribution in [2.24, 2.45) is 0 Å². The maximum Gasteiger partial charge on any atom is 0.126 e. The quantitative estimate of drug-likeness (QED) is 0.812. The molecule has 0 radical (unpaired) electrons. The van der Waals surface area contributed by atoms with Gasteiger partial charge in [0.1, 0.15) is 5.82 Å². The summed E-state index contributed by atoms with van der Waals surface area (Å²) in [6.07, 6.45) is -0.245. The molecule has 0 aromatic heterocycles. The van der Waals surface area contributed by atoms with Gasteiger partial charge in [-0.15, -0.1) is 0 Å². The van der Waals surface area contributed by atoms with Crippen LogP contribution in [-0.4, -0.2) is 48.0 Å². The van der Waals surface area contributed by atoms with Gasteiger partial charge >= 0.3 is 0 Å². The maximum absolute atomic E-state index is 13.4. The van der Waals surface area contributed by atoms with E-state index in [1.807, 2.05) is 4.90 Å². The second kappa shape index (κ2) is 6.91. The van der Waals surface area contributed by atoms with Gasteiger partial charge in [-0.05, 0) is 37.2 Å². The SMILES string of the molecule is CN(CCc1cc(Cl)ccc1F)CC(O)CO. The first kappa shape index (κ1) is 14.4. The van der Waals surface area contributed by atoms with Gasteiger partial charge in [-0.3, -0.25) is 0 Å². The van der Waals surface area contributed by atoms with Gasteiger partial charge in [0, 0.05) is 18.1 Å². The molecular formula is C12H17ClFNO2. The van der Waals surface area contributed by atoms with Gasteiger partial charge in [0.25, 0.3) is 0 Å². The number of rotatable bonds is 6. The molecule has 0 spiro atoms. The molecule has 0 aliphatic heterocycles. The standard InChI is InChI=1S/C12H17ClFNO2/c1-15(7-11(17)8-16)5-4-9-6-10(13)2-3-12(9)14/h2-3,6,11,16-17H,4-5,7-8H2,1H3. The molecule has 0 heterocycles. The lowest BCUT2D eigenvalue weighted by atomic mass is 10.1. The second-order valence-corrected chi connectivity index (χ2v) is 4.52. The van der Waals surface area contributed by atoms with Gasteiger partial charge in [-0.25, -0.2) is 4.39 Å². The van der Waals surface area contributed by atoms with Crippen molar-refractivity contribution in [3.63, 3.8) is 0 Å². The van der Waals surface area contributed by atoms with Crippen molar-refractivity contribution in [1.82, 2.24) is 4.90 Å². The zero-order valence-electron chi connectivity index (χ0n) is 9.74. The van der Waals surface area contributed by atoms with Gasteiger partial charge in [0.2, 0.25) is 0 Å². The molecule has 96 valence electrons. The lowest BCUT2D eigenvalue weighted by Gasteiger charge is -2.19. The summed E-state index contributed by atoms with van der Waals surface area (Å²) in [5, 5.41) is 18.4. The Bertz CT molecular complexity index is 362. The number of hydrogen-bond donors (Lipinski definition) is 2. The number of benzene rings is 1. The van der Waals surface area contributed by atoms with E-state index in [-0.39, 0.29) is 12.4 Å². The Hall–Kier alpha value is -0.680. The molecule has 1 aromatic rings. The van der Waals surface area contributed by atoms with E-state index in [0.29, 0.717) is 30.1 Å². The molecule has 2 N–H and O–H groups in total. The minimum atomic E-state index is -0.760. The van der Waals surface area contributed by atoms with Crippen LogP contribution in [0.4, 0.5) is 4.39 Å². The van der Waals surface area contributed by atoms with Crippen LogP contribution in [0, 0.1) is 5.82 Å². The monoisotopic (exact) mass is 261 g/mol. The molecule has 5 heteroatoms. The van der Waals surface area contributed by atoms with Crippen LogP contribution in [0.25, 0.3) is 0 Å². The van der Waals surface area contributed by atoms with E-state index < -0.39 is 6.10 Å². The van der Waals surface area contributed by atoms with Crippen molar-refractivity contribution < 1.29 is 14.6 Å². The van der Waals surface area contributed by atoms with Crippen LogP contribution in [0.2, 0.25) is 5.02 Å². The van der Waals surface area contributed by atoms with Crippen LogP contribution in [0.3, 0.4) is 0 Å². The van der Waals surface area contributed by atoms with E-state index in [0.717, 1.165) is 0 Å². The lowest BCUT2D eigenvalue weighted by Crippen LogP contribution is -2.32. The number of aliphatic hydroxyl groups is 2. The Morgan fingerprint density at radius 1 is 1.47 bits per heavy atom. The van der Waals surface area contributed by atoms with Crippen LogP contribution < -0.4 is 0 Å². The van der Waals surface area contributed by atoms with E-state index >= 15 is 0 Å². The second-order valence-electron chi connectivity index (χ2n) is 4.08. The normalized spacial score (nSPS) is 13.1. The molecule has 1 aromatic carbocycles. The van der Waals surface area contributed by atoms with Gasteiger partial charge in [0.15, 0.2) is 0 Å². The molecule has 1 atom stereocenters. The average Bonchev–Trinajstić information content (AvgIpc) is 2.30. The van der Waals surface area contributed by atoms with Gasteiger partial charge < -0.3 is 15.1 Å². The molecule has 0 aliphatic carbocycles. The van der Waals surface area contributed by atoms with E-state index in [2.05, 4.69) is 0 Å². The van der Waals surface area contributed by atoms with Crippen LogP contribution in [-0.2, 0) is 6.42 Å². The van der Waals surface area contributed by atoms with Crippen LogP contribution in [0.15, 0.2) is 18.2 Å². The number of likely N-dealkylation sites (N-methyl/N-ethyl adjacent to an activating group) is 1. The van der Waals surface area contributed by atoms with Crippen molar-refractivity contribution in [2.75, 3.05) is 26.7 Å². The summed E-state index contributed by atoms with van der Waals surface area (Å²) < 4.78 is 13.4. The third-order valence-corrected chi connectivity index (χ3v) is 2.74. The summed E-state index contributed by atoms with van der Waals surface area (Å²) >= 11 is 5.79. The lowest BCUT2D eigenvalue weighted by molar-refractivity contribution is 0.0669. The van der Waals surface area contributed by atoms with Gasteiger partial charge in [-0.1, -0.05) is 11.6 Å². The van der Waals surface area contributed by atoms with E-state index in [1.54, 1.807) is 13.1 Å². The summed E-state index contributed by atoms with van der Waals surface area (Å²) in [5.41, 5.74) is 0.558. The fourth-order valence-corrected chi connectivity index (χ4v) is 1.75. The molecule has 0 saturated carbocycles. The first-order valence-corrected chi connectivity index (χ1v) is 5.82. The van der Waals surface area contributed by atoms with E-state index in [4.69, 9.17) is 16.7 Å². The Morgan fingerprint density at radius 2 is 2.18 bits per heavy atom. The first-order valence-electron chi connectivity index (χ1n) is 5.44. The Labute approximate surface area is 105 Å². The van der Waals surface area contributed by atoms with Crippen LogP contribution in [0.5, 0.6) is 0 Å². The number of nitrogens with zero attached hydrogens (tertiary/aromatic N) is 1. The van der Waals surface area contributed by atoms with Crippen molar-refractivity contribution in [2.45, 2.75) is 12.5 Å². The third kappa shape index (κ3) is 5.00. The summed E-state index contributed by atoms with van der Waals surface area (Å²) in [6.45, 7) is 0.683. The van der Waals surface area contributed by atoms with E-state index in [1.165, 1.54) is 12.1 Å². The smallest absolute Gasteiger partial charge is 0.126 e. The molecule has 0 aliphatic rings. The molecule has 0 amide bonds. The molecule has 1 unspecified atom stereocenters. The molecule has 0 bridgehead atoms. The molecule has 0 saturated heterocycles. The predicted molar refractivity (Wildman–Crippen MR) is 65.7 cm³/mol. The summed E-state index contributed by atoms with van der Waals surface area (Å²) in [4.78, 5) is 1.83. The summed E-state index contributed by atoms with van der Waals surface area (Å²) in [7, 11) is 1.81. The average molecular weight is 262 g/mol. The topological polar surface area (TPSA) is 43.7 Å². The van der Waals surface area contributed by atoms with Crippen LogP contribution >= 0.6 is 11.6 Å². The van der Waals surface area contributed by atoms with Crippen molar-refractivity contribution in [3.8, 4) is 0 Å². The molecule has 3 nitrogen and oxygen atoms in total. The fraction of sp³-hybridized carbons (Fsp3) is 0.500. The minimum absolute atomic E-state index is 0.268. The highest BCUT2D eigenvalue weighted by atomic mass is 35.5. The number of halogens is 2. The zero-order chi connectivity index (χ0) is 12.8. The maximum atomic E-state index is 13.4. The Balaban J connectivity index is 2.47. The molecule has 1 rings (SSSR count). The van der Waals surface area contributed by atoms with E-state index in [9.17, 15) is 9.50 Å². The number of hydrogen-bond acceptors (Lipinski definition) is 3. The summed E-state index contributed by atoms with van der Waals surface area (Å²) in [5.74, 6) is -0.273. The highest BCUT2D eigenvalue weighted by Crippen LogP contribution is 2.15. The van der Waals surface area contributed by atoms with Crippen molar-refractivity contribution >= 4 is 11.6 Å². The molecular weight excluding hydrogens is 245 g/mol. The Morgan fingerprint density at radius 3 is 2.82 bits per heavy atom. The highest BCUT2D eigenvalue weighted by Gasteiger charge is 2.08. The van der Waals surface area contributed by atoms with Crippen LogP contribution in [0.1, 0.15) is 5.56 Å². The number of aliphatic hydroxyl groups excluding tert-OH is 2. The van der Waals surface area contributed by atoms with Gasteiger partial charge in [0.05, 0.1) is 12.7 Å². The fourth-order valence-electron chi connectivity index (χ4n) is 1.56. The molecule has 0 fully saturated rings. The summed E-state index contributed by atoms with van der Waals surface area (Å²) in [6, 6.07) is 4.47. The minimum Gasteiger partial charge on any atom is -0.394 e. The van der Waals surface area contributed by atoms with Crippen molar-refractivity contribution in [1.29, 1.82) is 0 Å². The zero-order valence-corrected chi connectivity index (χ0v) is 10.5. The van der Waals surface area contributed by atoms with Gasteiger partial charge in [-0.2, -0.15) is 0 Å². The highest BCUT2D eigenvalue weighted by molar-refractivity contribution is 6.30.